The highest BCUT2D eigenvalue weighted by atomic mass is 16.5. The van der Waals surface area contributed by atoms with Crippen LogP contribution in [0.2, 0.25) is 0 Å². The fourth-order valence-corrected chi connectivity index (χ4v) is 2.88. The summed E-state index contributed by atoms with van der Waals surface area (Å²) in [4.78, 5) is 37.0. The van der Waals surface area contributed by atoms with Crippen molar-refractivity contribution in [1.29, 1.82) is 0 Å². The third-order valence-electron chi connectivity index (χ3n) is 4.41. The van der Waals surface area contributed by atoms with Crippen molar-refractivity contribution >= 4 is 29.3 Å². The van der Waals surface area contributed by atoms with E-state index in [1.165, 1.54) is 21.3 Å². The summed E-state index contributed by atoms with van der Waals surface area (Å²) >= 11 is 0. The van der Waals surface area contributed by atoms with Crippen LogP contribution in [0.15, 0.2) is 36.0 Å². The van der Waals surface area contributed by atoms with Crippen molar-refractivity contribution in [3.63, 3.8) is 0 Å². The number of piperidine rings is 1. The number of methoxy groups -OCH3 is 3. The number of nitrogens with zero attached hydrogens (tertiary/aromatic N) is 1. The maximum atomic E-state index is 11.8. The molecule has 1 aliphatic rings. The second-order valence-electron chi connectivity index (χ2n) is 6.03. The van der Waals surface area contributed by atoms with E-state index in [9.17, 15) is 14.4 Å². The van der Waals surface area contributed by atoms with Gasteiger partial charge in [0.15, 0.2) is 0 Å². The van der Waals surface area contributed by atoms with Crippen molar-refractivity contribution in [2.24, 2.45) is 5.92 Å². The van der Waals surface area contributed by atoms with Crippen molar-refractivity contribution in [3.05, 3.63) is 36.0 Å². The first-order chi connectivity index (χ1) is 13.0. The van der Waals surface area contributed by atoms with Crippen LogP contribution in [0.4, 0.5) is 11.4 Å². The molecule has 1 fully saturated rings. The zero-order valence-corrected chi connectivity index (χ0v) is 15.7. The first-order valence-electron chi connectivity index (χ1n) is 8.56. The summed E-state index contributed by atoms with van der Waals surface area (Å²) in [6, 6.07) is 7.42. The number of esters is 3. The molecule has 146 valence electrons. The minimum Gasteiger partial charge on any atom is -0.469 e. The number of anilines is 2. The number of benzene rings is 1. The Hall–Kier alpha value is -3.03. The van der Waals surface area contributed by atoms with Gasteiger partial charge < -0.3 is 24.4 Å². The van der Waals surface area contributed by atoms with Gasteiger partial charge in [0.1, 0.15) is 5.70 Å². The predicted octanol–water partition coefficient (Wildman–Crippen LogP) is 1.72. The summed E-state index contributed by atoms with van der Waals surface area (Å²) in [7, 11) is 3.87. The predicted molar refractivity (Wildman–Crippen MR) is 99.1 cm³/mol. The standard InChI is InChI=1S/C19H24N2O6/c1-25-17(22)12-16(19(24)27-3)20-14-4-6-15(7-5-14)21-10-8-13(9-11-21)18(23)26-2/h4-7,12-13,20H,8-11H2,1-3H3/b16-12+. The van der Waals surface area contributed by atoms with Crippen LogP contribution in [0.25, 0.3) is 0 Å². The van der Waals surface area contributed by atoms with Crippen LogP contribution in [0.5, 0.6) is 0 Å². The third kappa shape index (κ3) is 5.47. The van der Waals surface area contributed by atoms with E-state index in [4.69, 9.17) is 4.74 Å². The Balaban J connectivity index is 2.02. The van der Waals surface area contributed by atoms with Crippen LogP contribution < -0.4 is 10.2 Å². The first-order valence-corrected chi connectivity index (χ1v) is 8.56. The van der Waals surface area contributed by atoms with E-state index in [0.29, 0.717) is 5.69 Å². The molecule has 0 bridgehead atoms. The van der Waals surface area contributed by atoms with Gasteiger partial charge in [0, 0.05) is 24.5 Å². The molecule has 27 heavy (non-hydrogen) atoms. The Kier molecular flexibility index (Phi) is 7.22. The quantitative estimate of drug-likeness (QED) is 0.456. The highest BCUT2D eigenvalue weighted by Crippen LogP contribution is 2.25. The highest BCUT2D eigenvalue weighted by molar-refractivity contribution is 5.98. The van der Waals surface area contributed by atoms with Crippen molar-refractivity contribution in [3.8, 4) is 0 Å². The number of ether oxygens (including phenoxy) is 3. The third-order valence-corrected chi connectivity index (χ3v) is 4.41. The summed E-state index contributed by atoms with van der Waals surface area (Å²) in [5, 5.41) is 2.86. The molecular weight excluding hydrogens is 352 g/mol. The molecule has 1 aromatic carbocycles. The Labute approximate surface area is 158 Å². The average molecular weight is 376 g/mol. The van der Waals surface area contributed by atoms with Gasteiger partial charge in [-0.15, -0.1) is 0 Å². The van der Waals surface area contributed by atoms with E-state index < -0.39 is 11.9 Å². The van der Waals surface area contributed by atoms with E-state index in [-0.39, 0.29) is 17.6 Å². The summed E-state index contributed by atoms with van der Waals surface area (Å²) in [5.41, 5.74) is 1.63. The van der Waals surface area contributed by atoms with Crippen LogP contribution in [0, 0.1) is 5.92 Å². The van der Waals surface area contributed by atoms with E-state index in [1.54, 1.807) is 12.1 Å². The van der Waals surface area contributed by atoms with Gasteiger partial charge in [0.2, 0.25) is 0 Å². The molecule has 2 rings (SSSR count). The Morgan fingerprint density at radius 1 is 1.00 bits per heavy atom. The van der Waals surface area contributed by atoms with Gasteiger partial charge in [-0.3, -0.25) is 4.79 Å². The van der Waals surface area contributed by atoms with E-state index in [2.05, 4.69) is 19.7 Å². The zero-order valence-electron chi connectivity index (χ0n) is 15.7. The van der Waals surface area contributed by atoms with Crippen LogP contribution in [0.1, 0.15) is 12.8 Å². The molecular formula is C19H24N2O6. The fourth-order valence-electron chi connectivity index (χ4n) is 2.88. The number of hydrogen-bond acceptors (Lipinski definition) is 8. The normalized spacial score (nSPS) is 15.1. The Morgan fingerprint density at radius 3 is 2.15 bits per heavy atom. The lowest BCUT2D eigenvalue weighted by Gasteiger charge is -2.32. The molecule has 1 heterocycles. The lowest BCUT2D eigenvalue weighted by atomic mass is 9.96. The maximum absolute atomic E-state index is 11.8. The second-order valence-corrected chi connectivity index (χ2v) is 6.03. The van der Waals surface area contributed by atoms with Gasteiger partial charge in [0.05, 0.1) is 33.3 Å². The van der Waals surface area contributed by atoms with Gasteiger partial charge in [-0.25, -0.2) is 9.59 Å². The van der Waals surface area contributed by atoms with Gasteiger partial charge in [-0.2, -0.15) is 0 Å². The zero-order chi connectivity index (χ0) is 19.8. The first kappa shape index (κ1) is 20.3. The largest absolute Gasteiger partial charge is 0.469 e. The fraction of sp³-hybridized carbons (Fsp3) is 0.421. The van der Waals surface area contributed by atoms with Gasteiger partial charge in [0.25, 0.3) is 0 Å². The number of rotatable bonds is 6. The average Bonchev–Trinajstić information content (AvgIpc) is 2.72. The number of nitrogens with one attached hydrogen (secondary N) is 1. The summed E-state index contributed by atoms with van der Waals surface area (Å²) in [6.45, 7) is 1.53. The SMILES string of the molecule is COC(=O)/C=C(/Nc1ccc(N2CCC(C(=O)OC)CC2)cc1)C(=O)OC. The monoisotopic (exact) mass is 376 g/mol. The smallest absolute Gasteiger partial charge is 0.354 e. The molecule has 1 saturated heterocycles. The lowest BCUT2D eigenvalue weighted by Crippen LogP contribution is -2.36. The maximum Gasteiger partial charge on any atom is 0.354 e. The molecule has 8 nitrogen and oxygen atoms in total. The molecule has 1 aliphatic heterocycles. The van der Waals surface area contributed by atoms with E-state index in [0.717, 1.165) is 37.7 Å². The molecule has 0 saturated carbocycles. The summed E-state index contributed by atoms with van der Waals surface area (Å²) in [6.07, 6.45) is 2.54. The van der Waals surface area contributed by atoms with E-state index >= 15 is 0 Å². The summed E-state index contributed by atoms with van der Waals surface area (Å²) in [5.74, 6) is -1.53. The van der Waals surface area contributed by atoms with Crippen LogP contribution >= 0.6 is 0 Å². The van der Waals surface area contributed by atoms with Gasteiger partial charge >= 0.3 is 17.9 Å². The van der Waals surface area contributed by atoms with Crippen molar-refractivity contribution in [2.75, 3.05) is 44.6 Å². The van der Waals surface area contributed by atoms with Crippen molar-refractivity contribution < 1.29 is 28.6 Å². The molecule has 0 aromatic heterocycles. The van der Waals surface area contributed by atoms with Gasteiger partial charge in [-0.1, -0.05) is 0 Å². The molecule has 1 aromatic rings. The highest BCUT2D eigenvalue weighted by Gasteiger charge is 2.25. The van der Waals surface area contributed by atoms with Gasteiger partial charge in [-0.05, 0) is 37.1 Å². The topological polar surface area (TPSA) is 94.2 Å². The molecule has 0 amide bonds. The second kappa shape index (κ2) is 9.61. The molecule has 1 N–H and O–H groups in total. The number of hydrogen-bond donors (Lipinski definition) is 1. The lowest BCUT2D eigenvalue weighted by molar-refractivity contribution is -0.146. The minimum absolute atomic E-state index is 0.0176. The van der Waals surface area contributed by atoms with Crippen LogP contribution in [-0.2, 0) is 28.6 Å². The number of carbonyl (C=O) groups is 3. The minimum atomic E-state index is -0.672. The van der Waals surface area contributed by atoms with E-state index in [1.807, 2.05) is 12.1 Å². The van der Waals surface area contributed by atoms with Crippen LogP contribution in [0.3, 0.4) is 0 Å². The molecule has 0 radical (unpaired) electrons. The summed E-state index contributed by atoms with van der Waals surface area (Å²) < 4.78 is 14.0. The number of carbonyl (C=O) groups excluding carboxylic acids is 3. The Bertz CT molecular complexity index is 705. The van der Waals surface area contributed by atoms with Crippen molar-refractivity contribution in [2.45, 2.75) is 12.8 Å². The molecule has 0 aliphatic carbocycles. The molecule has 0 unspecified atom stereocenters. The molecule has 0 atom stereocenters. The van der Waals surface area contributed by atoms with Crippen molar-refractivity contribution in [1.82, 2.24) is 0 Å². The Morgan fingerprint density at radius 2 is 1.63 bits per heavy atom. The molecule has 0 spiro atoms. The van der Waals surface area contributed by atoms with Crippen LogP contribution in [-0.4, -0.2) is 52.3 Å². The molecule has 8 heteroatoms.